The molecule has 0 aliphatic carbocycles. The van der Waals surface area contributed by atoms with Crippen LogP contribution in [-0.4, -0.2) is 29.0 Å². The molecule has 0 bridgehead atoms. The lowest BCUT2D eigenvalue weighted by atomic mass is 9.79. The third-order valence-corrected chi connectivity index (χ3v) is 4.51. The molecule has 0 spiro atoms. The Hall–Kier alpha value is -0.870. The molecule has 114 valence electrons. The van der Waals surface area contributed by atoms with Gasteiger partial charge < -0.3 is 10.2 Å². The lowest BCUT2D eigenvalue weighted by molar-refractivity contribution is 0.0564. The third kappa shape index (κ3) is 3.07. The van der Waals surface area contributed by atoms with Gasteiger partial charge in [0.25, 0.3) is 0 Å². The van der Waals surface area contributed by atoms with Gasteiger partial charge >= 0.3 is 0 Å². The number of rotatable bonds is 2. The lowest BCUT2D eigenvalue weighted by Gasteiger charge is -2.44. The summed E-state index contributed by atoms with van der Waals surface area (Å²) < 4.78 is 5.97. The largest absolute Gasteiger partial charge is 0.443 e. The van der Waals surface area contributed by atoms with Crippen LogP contribution in [0.25, 0.3) is 0 Å². The molecule has 1 aromatic heterocycles. The minimum absolute atomic E-state index is 0.00843. The van der Waals surface area contributed by atoms with Crippen LogP contribution in [0.4, 0.5) is 0 Å². The highest BCUT2D eigenvalue weighted by Crippen LogP contribution is 2.33. The Morgan fingerprint density at radius 2 is 2.10 bits per heavy atom. The summed E-state index contributed by atoms with van der Waals surface area (Å²) >= 11 is 0. The van der Waals surface area contributed by atoms with E-state index < -0.39 is 0 Å². The van der Waals surface area contributed by atoms with Gasteiger partial charge in [-0.2, -0.15) is 0 Å². The Kier molecular flexibility index (Phi) is 4.00. The van der Waals surface area contributed by atoms with Crippen molar-refractivity contribution in [3.05, 3.63) is 17.8 Å². The van der Waals surface area contributed by atoms with Crippen molar-refractivity contribution in [1.82, 2.24) is 9.88 Å². The molecule has 1 aromatic rings. The molecule has 0 radical (unpaired) electrons. The highest BCUT2D eigenvalue weighted by atomic mass is 16.4. The summed E-state index contributed by atoms with van der Waals surface area (Å²) in [7, 11) is 0. The summed E-state index contributed by atoms with van der Waals surface area (Å²) in [5, 5.41) is 0. The molecule has 0 aromatic carbocycles. The molecule has 2 rings (SSSR count). The van der Waals surface area contributed by atoms with E-state index in [1.54, 1.807) is 0 Å². The van der Waals surface area contributed by atoms with Gasteiger partial charge in [-0.1, -0.05) is 34.6 Å². The molecule has 1 fully saturated rings. The minimum atomic E-state index is 0.00843. The topological polar surface area (TPSA) is 55.3 Å². The van der Waals surface area contributed by atoms with Crippen LogP contribution in [0.5, 0.6) is 0 Å². The van der Waals surface area contributed by atoms with Crippen LogP contribution in [0.2, 0.25) is 0 Å². The second-order valence-corrected chi connectivity index (χ2v) is 7.84. The maximum absolute atomic E-state index is 6.21. The summed E-state index contributed by atoms with van der Waals surface area (Å²) in [4.78, 5) is 6.92. The summed E-state index contributed by atoms with van der Waals surface area (Å²) in [6, 6.07) is 0.485. The maximum Gasteiger partial charge on any atom is 0.211 e. The first kappa shape index (κ1) is 15.5. The quantitative estimate of drug-likeness (QED) is 0.904. The standard InChI is InChI=1S/C16H29N3O/c1-11(14-18-9-13(20-14)15(2,3)4)19-8-7-12(17)16(5,6)10-19/h9,11-12H,7-8,10,17H2,1-6H3. The van der Waals surface area contributed by atoms with Gasteiger partial charge in [0.05, 0.1) is 12.2 Å². The normalized spacial score (nSPS) is 25.6. The average molecular weight is 279 g/mol. The number of piperidine rings is 1. The zero-order valence-electron chi connectivity index (χ0n) is 13.7. The van der Waals surface area contributed by atoms with Crippen LogP contribution in [0, 0.1) is 5.41 Å². The first-order chi connectivity index (χ1) is 9.11. The van der Waals surface area contributed by atoms with Gasteiger partial charge in [0.2, 0.25) is 5.89 Å². The molecule has 4 nitrogen and oxygen atoms in total. The van der Waals surface area contributed by atoms with Crippen molar-refractivity contribution in [2.24, 2.45) is 11.1 Å². The maximum atomic E-state index is 6.21. The Balaban J connectivity index is 2.12. The van der Waals surface area contributed by atoms with Crippen molar-refractivity contribution >= 4 is 0 Å². The first-order valence-electron chi connectivity index (χ1n) is 7.57. The summed E-state index contributed by atoms with van der Waals surface area (Å²) in [6.45, 7) is 15.1. The monoisotopic (exact) mass is 279 g/mol. The molecular formula is C16H29N3O. The molecule has 2 heterocycles. The van der Waals surface area contributed by atoms with Crippen LogP contribution in [0.15, 0.2) is 10.6 Å². The van der Waals surface area contributed by atoms with E-state index in [0.29, 0.717) is 0 Å². The number of nitrogens with zero attached hydrogens (tertiary/aromatic N) is 2. The van der Waals surface area contributed by atoms with Gasteiger partial charge in [0.15, 0.2) is 0 Å². The molecule has 20 heavy (non-hydrogen) atoms. The van der Waals surface area contributed by atoms with Gasteiger partial charge in [0, 0.05) is 24.5 Å². The van der Waals surface area contributed by atoms with Crippen molar-refractivity contribution < 1.29 is 4.42 Å². The number of aromatic nitrogens is 1. The van der Waals surface area contributed by atoms with Crippen LogP contribution >= 0.6 is 0 Å². The highest BCUT2D eigenvalue weighted by molar-refractivity contribution is 5.08. The van der Waals surface area contributed by atoms with Crippen molar-refractivity contribution in [2.75, 3.05) is 13.1 Å². The van der Waals surface area contributed by atoms with Crippen molar-refractivity contribution in [3.63, 3.8) is 0 Å². The van der Waals surface area contributed by atoms with Crippen LogP contribution < -0.4 is 5.73 Å². The Labute approximate surface area is 122 Å². The van der Waals surface area contributed by atoms with Gasteiger partial charge in [-0.15, -0.1) is 0 Å². The van der Waals surface area contributed by atoms with E-state index in [2.05, 4.69) is 51.4 Å². The number of nitrogens with two attached hydrogens (primary N) is 1. The second-order valence-electron chi connectivity index (χ2n) is 7.84. The van der Waals surface area contributed by atoms with E-state index in [1.807, 2.05) is 6.20 Å². The fourth-order valence-corrected chi connectivity index (χ4v) is 2.73. The van der Waals surface area contributed by atoms with Gasteiger partial charge in [-0.25, -0.2) is 4.98 Å². The summed E-state index contributed by atoms with van der Waals surface area (Å²) in [6.07, 6.45) is 2.90. The average Bonchev–Trinajstić information content (AvgIpc) is 2.80. The van der Waals surface area contributed by atoms with E-state index >= 15 is 0 Å². The van der Waals surface area contributed by atoms with Crippen LogP contribution in [0.3, 0.4) is 0 Å². The number of hydrogen-bond acceptors (Lipinski definition) is 4. The van der Waals surface area contributed by atoms with Crippen molar-refractivity contribution in [3.8, 4) is 0 Å². The minimum Gasteiger partial charge on any atom is -0.443 e. The van der Waals surface area contributed by atoms with E-state index in [9.17, 15) is 0 Å². The van der Waals surface area contributed by atoms with Crippen LogP contribution in [0.1, 0.15) is 65.7 Å². The molecule has 2 atom stereocenters. The Morgan fingerprint density at radius 1 is 1.45 bits per heavy atom. The Bertz CT molecular complexity index is 459. The van der Waals surface area contributed by atoms with E-state index in [1.165, 1.54) is 0 Å². The van der Waals surface area contributed by atoms with Gasteiger partial charge in [0.1, 0.15) is 5.76 Å². The summed E-state index contributed by atoms with van der Waals surface area (Å²) in [5.41, 5.74) is 6.36. The predicted molar refractivity (Wildman–Crippen MR) is 81.6 cm³/mol. The highest BCUT2D eigenvalue weighted by Gasteiger charge is 2.36. The van der Waals surface area contributed by atoms with E-state index in [0.717, 1.165) is 31.2 Å². The fourth-order valence-electron chi connectivity index (χ4n) is 2.73. The molecule has 2 unspecified atom stereocenters. The zero-order chi connectivity index (χ0) is 15.1. The van der Waals surface area contributed by atoms with Crippen molar-refractivity contribution in [2.45, 2.75) is 65.5 Å². The zero-order valence-corrected chi connectivity index (χ0v) is 13.7. The lowest BCUT2D eigenvalue weighted by Crippen LogP contribution is -2.52. The molecule has 0 amide bonds. The van der Waals surface area contributed by atoms with Gasteiger partial charge in [-0.3, -0.25) is 4.90 Å². The van der Waals surface area contributed by atoms with Gasteiger partial charge in [-0.05, 0) is 18.8 Å². The third-order valence-electron chi connectivity index (χ3n) is 4.51. The van der Waals surface area contributed by atoms with Crippen molar-refractivity contribution in [1.29, 1.82) is 0 Å². The number of likely N-dealkylation sites (tertiary alicyclic amines) is 1. The number of hydrogen-bond donors (Lipinski definition) is 1. The van der Waals surface area contributed by atoms with E-state index in [-0.39, 0.29) is 22.9 Å². The molecule has 1 saturated heterocycles. The molecule has 1 aliphatic rings. The second kappa shape index (κ2) is 5.15. The van der Waals surface area contributed by atoms with E-state index in [4.69, 9.17) is 10.2 Å². The number of oxazole rings is 1. The predicted octanol–water partition coefficient (Wildman–Crippen LogP) is 3.09. The molecule has 1 aliphatic heterocycles. The Morgan fingerprint density at radius 3 is 2.60 bits per heavy atom. The molecular weight excluding hydrogens is 250 g/mol. The molecule has 2 N–H and O–H groups in total. The smallest absolute Gasteiger partial charge is 0.211 e. The fraction of sp³-hybridized carbons (Fsp3) is 0.812. The molecule has 0 saturated carbocycles. The first-order valence-corrected chi connectivity index (χ1v) is 7.57. The molecule has 4 heteroatoms. The van der Waals surface area contributed by atoms with Crippen LogP contribution in [-0.2, 0) is 5.41 Å². The summed E-state index contributed by atoms with van der Waals surface area (Å²) in [5.74, 6) is 1.77. The SMILES string of the molecule is CC(c1ncc(C(C)(C)C)o1)N1CCC(N)C(C)(C)C1.